The first-order chi connectivity index (χ1) is 13.6. The van der Waals surface area contributed by atoms with Crippen LogP contribution < -0.4 is 5.32 Å². The molecular formula is C22H33N3O3. The molecule has 0 bridgehead atoms. The maximum absolute atomic E-state index is 12.9. The van der Waals surface area contributed by atoms with Crippen LogP contribution in [-0.2, 0) is 16.0 Å². The minimum Gasteiger partial charge on any atom is -0.464 e. The van der Waals surface area contributed by atoms with E-state index >= 15 is 0 Å². The Bertz CT molecular complexity index is 636. The van der Waals surface area contributed by atoms with Gasteiger partial charge in [0, 0.05) is 32.7 Å². The van der Waals surface area contributed by atoms with Crippen molar-refractivity contribution >= 4 is 12.0 Å². The highest BCUT2D eigenvalue weighted by Crippen LogP contribution is 2.30. The van der Waals surface area contributed by atoms with Crippen molar-refractivity contribution in [2.45, 2.75) is 51.0 Å². The zero-order chi connectivity index (χ0) is 19.8. The van der Waals surface area contributed by atoms with E-state index in [4.69, 9.17) is 4.74 Å². The Balaban J connectivity index is 1.49. The molecule has 1 aliphatic carbocycles. The van der Waals surface area contributed by atoms with Gasteiger partial charge in [-0.05, 0) is 31.7 Å². The van der Waals surface area contributed by atoms with Gasteiger partial charge in [0.05, 0.1) is 6.61 Å². The molecule has 28 heavy (non-hydrogen) atoms. The highest BCUT2D eigenvalue weighted by Gasteiger charge is 2.43. The van der Waals surface area contributed by atoms with Gasteiger partial charge in [-0.15, -0.1) is 0 Å². The average Bonchev–Trinajstić information content (AvgIpc) is 2.74. The van der Waals surface area contributed by atoms with Gasteiger partial charge in [-0.3, -0.25) is 4.90 Å². The van der Waals surface area contributed by atoms with Crippen molar-refractivity contribution in [1.29, 1.82) is 0 Å². The number of benzene rings is 1. The molecule has 1 N–H and O–H groups in total. The van der Waals surface area contributed by atoms with Crippen LogP contribution in [0.2, 0.25) is 0 Å². The maximum Gasteiger partial charge on any atom is 0.331 e. The number of nitrogens with zero attached hydrogens (tertiary/aromatic N) is 2. The van der Waals surface area contributed by atoms with E-state index in [1.54, 1.807) is 0 Å². The Morgan fingerprint density at radius 1 is 1.04 bits per heavy atom. The molecule has 3 rings (SSSR count). The molecule has 0 atom stereocenters. The number of piperazine rings is 1. The van der Waals surface area contributed by atoms with Crippen molar-refractivity contribution in [2.24, 2.45) is 0 Å². The molecule has 1 heterocycles. The summed E-state index contributed by atoms with van der Waals surface area (Å²) >= 11 is 0. The number of hydrogen-bond donors (Lipinski definition) is 1. The van der Waals surface area contributed by atoms with E-state index in [1.165, 1.54) is 5.56 Å². The van der Waals surface area contributed by atoms with Crippen LogP contribution in [0.4, 0.5) is 4.79 Å². The van der Waals surface area contributed by atoms with Crippen molar-refractivity contribution < 1.29 is 14.3 Å². The highest BCUT2D eigenvalue weighted by atomic mass is 16.5. The van der Waals surface area contributed by atoms with Crippen molar-refractivity contribution in [3.8, 4) is 0 Å². The molecule has 1 aromatic rings. The van der Waals surface area contributed by atoms with E-state index in [-0.39, 0.29) is 12.0 Å². The summed E-state index contributed by atoms with van der Waals surface area (Å²) in [4.78, 5) is 29.6. The van der Waals surface area contributed by atoms with Crippen molar-refractivity contribution in [2.75, 3.05) is 39.3 Å². The number of carbonyl (C=O) groups excluding carboxylic acids is 2. The topological polar surface area (TPSA) is 61.9 Å². The van der Waals surface area contributed by atoms with Gasteiger partial charge in [-0.2, -0.15) is 0 Å². The first-order valence-corrected chi connectivity index (χ1v) is 10.6. The molecular weight excluding hydrogens is 354 g/mol. The van der Waals surface area contributed by atoms with Crippen LogP contribution in [0.3, 0.4) is 0 Å². The van der Waals surface area contributed by atoms with Gasteiger partial charge in [0.1, 0.15) is 5.54 Å². The maximum atomic E-state index is 12.9. The van der Waals surface area contributed by atoms with Gasteiger partial charge in [0.2, 0.25) is 0 Å². The molecule has 6 heteroatoms. The molecule has 0 spiro atoms. The Kier molecular flexibility index (Phi) is 7.31. The second-order valence-electron chi connectivity index (χ2n) is 7.86. The summed E-state index contributed by atoms with van der Waals surface area (Å²) in [5.74, 6) is -0.274. The number of urea groups is 1. The molecule has 1 aliphatic heterocycles. The summed E-state index contributed by atoms with van der Waals surface area (Å²) < 4.78 is 5.28. The van der Waals surface area contributed by atoms with Gasteiger partial charge in [0.15, 0.2) is 0 Å². The number of esters is 1. The number of carbonyl (C=O) groups is 2. The van der Waals surface area contributed by atoms with Crippen molar-refractivity contribution in [3.05, 3.63) is 35.9 Å². The zero-order valence-corrected chi connectivity index (χ0v) is 17.0. The second-order valence-corrected chi connectivity index (χ2v) is 7.86. The van der Waals surface area contributed by atoms with E-state index in [0.717, 1.165) is 45.3 Å². The van der Waals surface area contributed by atoms with Crippen molar-refractivity contribution in [3.63, 3.8) is 0 Å². The summed E-state index contributed by atoms with van der Waals surface area (Å²) in [7, 11) is 0. The number of ether oxygens (including phenoxy) is 1. The van der Waals surface area contributed by atoms with Crippen LogP contribution >= 0.6 is 0 Å². The summed E-state index contributed by atoms with van der Waals surface area (Å²) in [5, 5.41) is 3.05. The molecule has 0 aromatic heterocycles. The average molecular weight is 388 g/mol. The summed E-state index contributed by atoms with van der Waals surface area (Å²) in [6.45, 7) is 6.28. The third-order valence-electron chi connectivity index (χ3n) is 5.94. The molecule has 2 fully saturated rings. The molecule has 1 saturated heterocycles. The monoisotopic (exact) mass is 387 g/mol. The minimum atomic E-state index is -0.838. The van der Waals surface area contributed by atoms with E-state index in [0.29, 0.717) is 32.5 Å². The SMILES string of the molecule is CCOC(=O)C1(NC(=O)N2CCN(CCc3ccccc3)CC2)CCCCC1. The minimum absolute atomic E-state index is 0.127. The van der Waals surface area contributed by atoms with E-state index in [9.17, 15) is 9.59 Å². The lowest BCUT2D eigenvalue weighted by molar-refractivity contribution is -0.152. The predicted molar refractivity (Wildman–Crippen MR) is 109 cm³/mol. The van der Waals surface area contributed by atoms with Gasteiger partial charge in [-0.1, -0.05) is 49.6 Å². The Hall–Kier alpha value is -2.08. The number of nitrogens with one attached hydrogen (secondary N) is 1. The van der Waals surface area contributed by atoms with Crippen LogP contribution in [0.1, 0.15) is 44.6 Å². The van der Waals surface area contributed by atoms with Crippen LogP contribution in [0.15, 0.2) is 30.3 Å². The lowest BCUT2D eigenvalue weighted by Crippen LogP contribution is -2.61. The van der Waals surface area contributed by atoms with E-state index < -0.39 is 5.54 Å². The van der Waals surface area contributed by atoms with Gasteiger partial charge < -0.3 is 15.0 Å². The molecule has 154 valence electrons. The molecule has 0 unspecified atom stereocenters. The van der Waals surface area contributed by atoms with Crippen LogP contribution in [0.25, 0.3) is 0 Å². The smallest absolute Gasteiger partial charge is 0.331 e. The van der Waals surface area contributed by atoms with Crippen LogP contribution in [-0.4, -0.2) is 66.7 Å². The largest absolute Gasteiger partial charge is 0.464 e. The Morgan fingerprint density at radius 3 is 2.36 bits per heavy atom. The number of rotatable bonds is 6. The Morgan fingerprint density at radius 2 is 1.71 bits per heavy atom. The second kappa shape index (κ2) is 9.92. The highest BCUT2D eigenvalue weighted by molar-refractivity contribution is 5.87. The summed E-state index contributed by atoms with van der Waals surface area (Å²) in [5.41, 5.74) is 0.506. The predicted octanol–water partition coefficient (Wildman–Crippen LogP) is 2.82. The third kappa shape index (κ3) is 5.25. The fraction of sp³-hybridized carbons (Fsp3) is 0.636. The summed E-state index contributed by atoms with van der Waals surface area (Å²) in [6, 6.07) is 10.4. The molecule has 2 amide bonds. The zero-order valence-electron chi connectivity index (χ0n) is 17.0. The Labute approximate surface area is 168 Å². The number of hydrogen-bond acceptors (Lipinski definition) is 4. The first-order valence-electron chi connectivity index (χ1n) is 10.6. The van der Waals surface area contributed by atoms with Gasteiger partial charge >= 0.3 is 12.0 Å². The molecule has 2 aliphatic rings. The first kappa shape index (κ1) is 20.6. The van der Waals surface area contributed by atoms with Crippen molar-refractivity contribution in [1.82, 2.24) is 15.1 Å². The molecule has 0 radical (unpaired) electrons. The normalized spacial score (nSPS) is 19.8. The van der Waals surface area contributed by atoms with Crippen LogP contribution in [0.5, 0.6) is 0 Å². The van der Waals surface area contributed by atoms with E-state index in [2.05, 4.69) is 34.5 Å². The van der Waals surface area contributed by atoms with Gasteiger partial charge in [-0.25, -0.2) is 9.59 Å². The molecule has 1 saturated carbocycles. The van der Waals surface area contributed by atoms with Crippen LogP contribution in [0, 0.1) is 0 Å². The lowest BCUT2D eigenvalue weighted by Gasteiger charge is -2.39. The van der Waals surface area contributed by atoms with Gasteiger partial charge in [0.25, 0.3) is 0 Å². The fourth-order valence-corrected chi connectivity index (χ4v) is 4.19. The summed E-state index contributed by atoms with van der Waals surface area (Å²) in [6.07, 6.45) is 5.39. The molecule has 6 nitrogen and oxygen atoms in total. The molecule has 1 aromatic carbocycles. The third-order valence-corrected chi connectivity index (χ3v) is 5.94. The number of amides is 2. The fourth-order valence-electron chi connectivity index (χ4n) is 4.19. The quantitative estimate of drug-likeness (QED) is 0.763. The lowest BCUT2D eigenvalue weighted by atomic mass is 9.81. The standard InChI is InChI=1S/C22H33N3O3/c1-2-28-20(26)22(12-7-4-8-13-22)23-21(27)25-17-15-24(16-18-25)14-11-19-9-5-3-6-10-19/h3,5-6,9-10H,2,4,7-8,11-18H2,1H3,(H,23,27). The van der Waals surface area contributed by atoms with E-state index in [1.807, 2.05) is 17.9 Å².